The predicted octanol–water partition coefficient (Wildman–Crippen LogP) is 5.14. The van der Waals surface area contributed by atoms with Gasteiger partial charge in [-0.25, -0.2) is 0 Å². The lowest BCUT2D eigenvalue weighted by atomic mass is 9.42. The highest BCUT2D eigenvalue weighted by Gasteiger charge is 2.74. The lowest BCUT2D eigenvalue weighted by Gasteiger charge is -2.63. The first-order valence-electron chi connectivity index (χ1n) is 21.2. The maximum Gasteiger partial charge on any atom is 0.159 e. The number of ether oxygens (including phenoxy) is 1. The van der Waals surface area contributed by atoms with Gasteiger partial charge in [-0.05, 0) is 130 Å². The van der Waals surface area contributed by atoms with Crippen LogP contribution < -0.4 is 11.1 Å². The van der Waals surface area contributed by atoms with Crippen molar-refractivity contribution in [1.29, 1.82) is 0 Å². The number of aliphatic hydroxyl groups excluding tert-OH is 1. The van der Waals surface area contributed by atoms with E-state index in [1.165, 1.54) is 38.5 Å². The Morgan fingerprint density at radius 1 is 0.922 bits per heavy atom. The fourth-order valence-corrected chi connectivity index (χ4v) is 13.6. The Bertz CT molecular complexity index is 1340. The summed E-state index contributed by atoms with van der Waals surface area (Å²) >= 11 is 0. The molecule has 2 aliphatic heterocycles. The largest absolute Gasteiger partial charge is 0.393 e. The van der Waals surface area contributed by atoms with Gasteiger partial charge in [0.25, 0.3) is 0 Å². The van der Waals surface area contributed by atoms with Crippen LogP contribution in [0.2, 0.25) is 0 Å². The van der Waals surface area contributed by atoms with Crippen molar-refractivity contribution >= 4 is 5.78 Å². The van der Waals surface area contributed by atoms with E-state index in [0.717, 1.165) is 63.0 Å². The summed E-state index contributed by atoms with van der Waals surface area (Å²) in [6.07, 6.45) is 17.3. The number of rotatable bonds is 10. The van der Waals surface area contributed by atoms with Crippen LogP contribution in [0.3, 0.4) is 0 Å². The smallest absolute Gasteiger partial charge is 0.159 e. The second-order valence-electron chi connectivity index (χ2n) is 20.7. The van der Waals surface area contributed by atoms with Crippen LogP contribution in [0, 0.1) is 51.8 Å². The number of piperidine rings is 1. The van der Waals surface area contributed by atoms with Crippen LogP contribution in [-0.4, -0.2) is 74.0 Å². The van der Waals surface area contributed by atoms with Crippen molar-refractivity contribution in [2.45, 2.75) is 192 Å². The van der Waals surface area contributed by atoms with Gasteiger partial charge in [0.15, 0.2) is 5.78 Å². The van der Waals surface area contributed by atoms with Gasteiger partial charge in [0.05, 0.1) is 29.5 Å². The Morgan fingerprint density at radius 3 is 2.35 bits per heavy atom. The zero-order valence-electron chi connectivity index (χ0n) is 32.8. The third kappa shape index (κ3) is 6.35. The third-order valence-electron chi connectivity index (χ3n) is 17.3. The van der Waals surface area contributed by atoms with Gasteiger partial charge in [0.2, 0.25) is 0 Å². The van der Waals surface area contributed by atoms with Crippen LogP contribution in [0.25, 0.3) is 0 Å². The molecule has 2 saturated heterocycles. The minimum absolute atomic E-state index is 0.0682. The zero-order chi connectivity index (χ0) is 36.8. The Hall–Kier alpha value is -0.870. The van der Waals surface area contributed by atoms with Crippen molar-refractivity contribution in [2.75, 3.05) is 6.54 Å². The van der Waals surface area contributed by atoms with Gasteiger partial charge in [-0.2, -0.15) is 0 Å². The Balaban J connectivity index is 1.15. The van der Waals surface area contributed by atoms with Crippen molar-refractivity contribution in [1.82, 2.24) is 0 Å². The summed E-state index contributed by atoms with van der Waals surface area (Å²) in [4.78, 5) is 14.0. The molecule has 7 rings (SSSR count). The number of carbonyl (C=O) groups excluding carboxylic acids is 1. The number of hydrogen-bond donors (Lipinski definition) is 6. The van der Waals surface area contributed by atoms with Crippen molar-refractivity contribution in [3.63, 3.8) is 0 Å². The summed E-state index contributed by atoms with van der Waals surface area (Å²) in [6, 6.07) is 0. The van der Waals surface area contributed by atoms with Crippen LogP contribution in [0.15, 0.2) is 11.6 Å². The van der Waals surface area contributed by atoms with Crippen LogP contribution in [0.5, 0.6) is 0 Å². The van der Waals surface area contributed by atoms with Crippen LogP contribution >= 0.6 is 0 Å². The second kappa shape index (κ2) is 13.4. The third-order valence-corrected chi connectivity index (χ3v) is 17.3. The molecule has 2 unspecified atom stereocenters. The molecule has 14 atom stereocenters. The summed E-state index contributed by atoms with van der Waals surface area (Å²) in [5, 5.41) is 50.9. The summed E-state index contributed by atoms with van der Waals surface area (Å²) < 4.78 is 6.39. The number of ketones is 1. The maximum absolute atomic E-state index is 14.0. The van der Waals surface area contributed by atoms with Gasteiger partial charge in [-0.15, -0.1) is 0 Å². The fourth-order valence-electron chi connectivity index (χ4n) is 13.6. The minimum Gasteiger partial charge on any atom is -0.393 e. The van der Waals surface area contributed by atoms with E-state index in [1.54, 1.807) is 0 Å². The number of epoxide rings is 1. The summed E-state index contributed by atoms with van der Waals surface area (Å²) in [7, 11) is 0. The summed E-state index contributed by atoms with van der Waals surface area (Å²) in [5.41, 5.74) is 2.19. The molecular formula is C43H73N2O6+. The van der Waals surface area contributed by atoms with Crippen molar-refractivity contribution in [2.24, 2.45) is 57.5 Å². The molecule has 290 valence electrons. The topological polar surface area (TPSA) is 153 Å². The molecule has 5 aliphatic carbocycles. The van der Waals surface area contributed by atoms with Crippen molar-refractivity contribution in [3.05, 3.63) is 11.6 Å². The number of carbonyl (C=O) groups is 1. The average Bonchev–Trinajstić information content (AvgIpc) is 3.85. The second-order valence-corrected chi connectivity index (χ2v) is 20.7. The number of allylic oxidation sites excluding steroid dienone is 1. The SMILES string of the molecule is CC(C)(CCC1CC[NH2+]C(N)C1)[C@@](C)(O)[C@H]1O[C@H]1[C@](C)(O)[C@H]1CC[C@@]2(O)C3=CC(=O)[C@@H]4C[C@@H](O)CC[C@]4(C)[C@H]3[C@H](CCC3CCCCC3)C[C@@]12C. The first-order chi connectivity index (χ1) is 23.8. The number of hydrogen-bond acceptors (Lipinski definition) is 7. The molecule has 7 aliphatic rings. The molecule has 2 heterocycles. The molecule has 8 N–H and O–H groups in total. The molecule has 6 fully saturated rings. The number of aliphatic hydroxyl groups is 4. The summed E-state index contributed by atoms with van der Waals surface area (Å²) in [6.45, 7) is 13.6. The molecule has 51 heavy (non-hydrogen) atoms. The number of nitrogens with two attached hydrogens (primary N) is 2. The first-order valence-corrected chi connectivity index (χ1v) is 21.2. The van der Waals surface area contributed by atoms with Gasteiger partial charge in [-0.1, -0.05) is 66.2 Å². The molecular weight excluding hydrogens is 640 g/mol. The molecule has 8 heteroatoms. The van der Waals surface area contributed by atoms with E-state index in [9.17, 15) is 25.2 Å². The molecule has 0 aromatic carbocycles. The lowest BCUT2D eigenvalue weighted by Crippen LogP contribution is -2.94. The zero-order valence-corrected chi connectivity index (χ0v) is 32.8. The normalized spacial score (nSPS) is 47.0. The molecule has 0 bridgehead atoms. The Kier molecular flexibility index (Phi) is 10.1. The minimum atomic E-state index is -1.27. The molecule has 8 nitrogen and oxygen atoms in total. The average molecular weight is 714 g/mol. The predicted molar refractivity (Wildman–Crippen MR) is 198 cm³/mol. The van der Waals surface area contributed by atoms with Gasteiger partial charge in [-0.3, -0.25) is 10.5 Å². The van der Waals surface area contributed by atoms with Gasteiger partial charge < -0.3 is 30.5 Å². The van der Waals surface area contributed by atoms with E-state index in [-0.39, 0.29) is 35.1 Å². The highest BCUT2D eigenvalue weighted by Crippen LogP contribution is 2.71. The Morgan fingerprint density at radius 2 is 1.65 bits per heavy atom. The Labute approximate surface area is 308 Å². The maximum atomic E-state index is 14.0. The number of fused-ring (bicyclic) bond motifs is 5. The van der Waals surface area contributed by atoms with Crippen molar-refractivity contribution in [3.8, 4) is 0 Å². The molecule has 0 aromatic heterocycles. The van der Waals surface area contributed by atoms with E-state index < -0.39 is 45.9 Å². The van der Waals surface area contributed by atoms with Gasteiger partial charge >= 0.3 is 0 Å². The summed E-state index contributed by atoms with van der Waals surface area (Å²) in [5.74, 6) is 1.30. The molecule has 0 radical (unpaired) electrons. The highest BCUT2D eigenvalue weighted by atomic mass is 16.6. The first kappa shape index (κ1) is 38.4. The lowest BCUT2D eigenvalue weighted by molar-refractivity contribution is -0.699. The molecule has 0 spiro atoms. The van der Waals surface area contributed by atoms with Crippen molar-refractivity contribution < 1.29 is 35.3 Å². The van der Waals surface area contributed by atoms with E-state index in [4.69, 9.17) is 10.5 Å². The highest BCUT2D eigenvalue weighted by molar-refractivity contribution is 5.95. The van der Waals surface area contributed by atoms with E-state index in [0.29, 0.717) is 37.5 Å². The van der Waals surface area contributed by atoms with Crippen LogP contribution in [-0.2, 0) is 9.53 Å². The molecule has 0 amide bonds. The quantitative estimate of drug-likeness (QED) is 0.172. The fraction of sp³-hybridized carbons (Fsp3) is 0.930. The van der Waals surface area contributed by atoms with Gasteiger partial charge in [0, 0.05) is 17.8 Å². The molecule has 0 aromatic rings. The van der Waals surface area contributed by atoms with E-state index in [1.807, 2.05) is 19.9 Å². The number of quaternary nitrogens is 1. The van der Waals surface area contributed by atoms with E-state index >= 15 is 0 Å². The monoisotopic (exact) mass is 714 g/mol. The van der Waals surface area contributed by atoms with E-state index in [2.05, 4.69) is 33.0 Å². The van der Waals surface area contributed by atoms with Gasteiger partial charge in [0.1, 0.15) is 18.4 Å². The van der Waals surface area contributed by atoms with Crippen LogP contribution in [0.1, 0.15) is 151 Å². The standard InChI is InChI=1S/C43H72N2O6/c1-38(2,18-14-27-17-21-45-34(44)22-27)42(6,49)37-36(51-37)41(5,48)33-16-20-43(50)31-24-32(47)30-23-29(46)15-19-39(30,3)35(31)28(25-40(33,43)4)13-12-26-10-8-7-9-11-26/h24,26-30,33-37,45-46,48-50H,7-23,25,44H2,1-6H3/p+1/t27?,28-,29+,30+,33+,34?,35+,36-,37+,39+,40+,41-,42+,43-/m1/s1. The van der Waals surface area contributed by atoms with Crippen LogP contribution in [0.4, 0.5) is 0 Å². The molecule has 4 saturated carbocycles.